The van der Waals surface area contributed by atoms with E-state index in [0.717, 1.165) is 49.4 Å². The molecule has 1 aliphatic rings. The Bertz CT molecular complexity index is 1160. The minimum atomic E-state index is -0.214. The lowest BCUT2D eigenvalue weighted by molar-refractivity contribution is 0.101. The number of aryl methyl sites for hydroxylation is 2. The minimum Gasteiger partial charge on any atom is -0.370 e. The Kier molecular flexibility index (Phi) is 8.90. The van der Waals surface area contributed by atoms with Gasteiger partial charge < -0.3 is 20.4 Å². The maximum atomic E-state index is 13.1. The molecule has 3 aromatic carbocycles. The Hall–Kier alpha value is -3.35. The predicted molar refractivity (Wildman–Crippen MR) is 146 cm³/mol. The van der Waals surface area contributed by atoms with Crippen LogP contribution in [0.2, 0.25) is 0 Å². The van der Waals surface area contributed by atoms with Crippen LogP contribution in [0.3, 0.4) is 0 Å². The molecule has 0 saturated carbocycles. The number of hydrogen-bond acceptors (Lipinski definition) is 4. The highest BCUT2D eigenvalue weighted by Gasteiger charge is 2.16. The van der Waals surface area contributed by atoms with Crippen LogP contribution < -0.4 is 15.5 Å². The lowest BCUT2D eigenvalue weighted by Gasteiger charge is -2.23. The van der Waals surface area contributed by atoms with Crippen LogP contribution in [0.25, 0.3) is 0 Å². The number of hydrogen-bond donors (Lipinski definition) is 2. The average molecular weight is 493 g/mol. The minimum absolute atomic E-state index is 0. The molecule has 1 aliphatic heterocycles. The summed E-state index contributed by atoms with van der Waals surface area (Å²) < 4.78 is 0. The molecule has 0 aliphatic carbocycles. The number of benzene rings is 3. The number of rotatable bonds is 5. The Morgan fingerprint density at radius 2 is 1.37 bits per heavy atom. The van der Waals surface area contributed by atoms with Crippen molar-refractivity contribution in [1.29, 1.82) is 0 Å². The quantitative estimate of drug-likeness (QED) is 0.502. The molecule has 3 aromatic rings. The summed E-state index contributed by atoms with van der Waals surface area (Å²) in [5.74, 6) is -0.421. The van der Waals surface area contributed by atoms with Gasteiger partial charge in [-0.3, -0.25) is 9.59 Å². The van der Waals surface area contributed by atoms with E-state index >= 15 is 0 Å². The molecule has 0 spiro atoms. The molecule has 2 N–H and O–H groups in total. The van der Waals surface area contributed by atoms with Crippen LogP contribution in [0.15, 0.2) is 66.7 Å². The summed E-state index contributed by atoms with van der Waals surface area (Å²) in [5.41, 5.74) is 5.43. The number of likely N-dealkylation sites (N-methyl/N-ethyl adjacent to an activating group) is 1. The van der Waals surface area contributed by atoms with Crippen molar-refractivity contribution in [3.05, 3.63) is 89.0 Å². The molecule has 2 amide bonds. The molecule has 0 unspecified atom stereocenters. The summed E-state index contributed by atoms with van der Waals surface area (Å²) in [7, 11) is 2.15. The molecule has 6 nitrogen and oxygen atoms in total. The van der Waals surface area contributed by atoms with E-state index in [4.69, 9.17) is 0 Å². The molecule has 7 heteroatoms. The first kappa shape index (κ1) is 26.3. The number of amides is 2. The number of anilines is 3. The van der Waals surface area contributed by atoms with Crippen LogP contribution in [0, 0.1) is 13.8 Å². The fraction of sp³-hybridized carbons (Fsp3) is 0.286. The van der Waals surface area contributed by atoms with E-state index in [9.17, 15) is 9.59 Å². The van der Waals surface area contributed by atoms with Crippen LogP contribution in [-0.2, 0) is 0 Å². The zero-order valence-corrected chi connectivity index (χ0v) is 21.3. The van der Waals surface area contributed by atoms with Crippen molar-refractivity contribution in [2.24, 2.45) is 0 Å². The summed E-state index contributed by atoms with van der Waals surface area (Å²) in [6.45, 7) is 8.03. The molecule has 4 rings (SSSR count). The molecule has 184 valence electrons. The predicted octanol–water partition coefficient (Wildman–Crippen LogP) is 5.37. The highest BCUT2D eigenvalue weighted by Crippen LogP contribution is 2.27. The van der Waals surface area contributed by atoms with Gasteiger partial charge in [-0.25, -0.2) is 0 Å². The molecule has 1 saturated heterocycles. The number of nitrogens with one attached hydrogen (secondary N) is 2. The standard InChI is InChI=1S/C28H32N4O2.ClH/c1-20-8-10-22(11-9-20)27(33)29-25-7-4-6-21(2)26(25)30-28(34)23-12-14-24(15-13-23)32-17-5-16-31(3)18-19-32;/h4,6-15H,5,16-19H2,1-3H3,(H,29,33)(H,30,34);1H. The van der Waals surface area contributed by atoms with E-state index in [1.54, 1.807) is 18.2 Å². The number of halogens is 1. The van der Waals surface area contributed by atoms with Gasteiger partial charge in [-0.1, -0.05) is 29.8 Å². The van der Waals surface area contributed by atoms with Crippen molar-refractivity contribution < 1.29 is 9.59 Å². The molecule has 1 fully saturated rings. The second-order valence-electron chi connectivity index (χ2n) is 8.96. The van der Waals surface area contributed by atoms with Crippen LogP contribution in [0.5, 0.6) is 0 Å². The maximum absolute atomic E-state index is 13.1. The molecule has 0 atom stereocenters. The second kappa shape index (κ2) is 11.9. The van der Waals surface area contributed by atoms with Crippen LogP contribution >= 0.6 is 12.4 Å². The second-order valence-corrected chi connectivity index (χ2v) is 8.96. The van der Waals surface area contributed by atoms with Crippen molar-refractivity contribution >= 4 is 41.3 Å². The van der Waals surface area contributed by atoms with Gasteiger partial charge in [0.2, 0.25) is 0 Å². The number of carbonyl (C=O) groups excluding carboxylic acids is 2. The van der Waals surface area contributed by atoms with Crippen molar-refractivity contribution in [2.45, 2.75) is 20.3 Å². The van der Waals surface area contributed by atoms with Gasteiger partial charge in [0.05, 0.1) is 11.4 Å². The highest BCUT2D eigenvalue weighted by molar-refractivity contribution is 6.10. The lowest BCUT2D eigenvalue weighted by atomic mass is 10.1. The van der Waals surface area contributed by atoms with Crippen molar-refractivity contribution in [1.82, 2.24) is 4.90 Å². The Morgan fingerprint density at radius 1 is 0.743 bits per heavy atom. The molecular weight excluding hydrogens is 460 g/mol. The Labute approximate surface area is 213 Å². The monoisotopic (exact) mass is 492 g/mol. The first-order chi connectivity index (χ1) is 16.4. The molecule has 0 radical (unpaired) electrons. The molecule has 0 bridgehead atoms. The highest BCUT2D eigenvalue weighted by atomic mass is 35.5. The van der Waals surface area contributed by atoms with Crippen LogP contribution in [-0.4, -0.2) is 49.9 Å². The van der Waals surface area contributed by atoms with Gasteiger partial charge in [-0.15, -0.1) is 12.4 Å². The van der Waals surface area contributed by atoms with Crippen LogP contribution in [0.4, 0.5) is 17.1 Å². The van der Waals surface area contributed by atoms with Crippen molar-refractivity contribution in [2.75, 3.05) is 48.8 Å². The normalized spacial score (nSPS) is 14.0. The third kappa shape index (κ3) is 6.62. The first-order valence-electron chi connectivity index (χ1n) is 11.7. The van der Waals surface area contributed by atoms with Gasteiger partial charge in [0.1, 0.15) is 0 Å². The fourth-order valence-corrected chi connectivity index (χ4v) is 4.15. The summed E-state index contributed by atoms with van der Waals surface area (Å²) in [6, 6.07) is 20.7. The zero-order chi connectivity index (χ0) is 24.1. The molecule has 35 heavy (non-hydrogen) atoms. The fourth-order valence-electron chi connectivity index (χ4n) is 4.15. The average Bonchev–Trinajstić information content (AvgIpc) is 3.06. The third-order valence-electron chi connectivity index (χ3n) is 6.29. The number of carbonyl (C=O) groups is 2. The van der Waals surface area contributed by atoms with Crippen molar-refractivity contribution in [3.63, 3.8) is 0 Å². The SMILES string of the molecule is Cc1ccc(C(=O)Nc2cccc(C)c2NC(=O)c2ccc(N3CCCN(C)CC3)cc2)cc1.Cl. The zero-order valence-electron chi connectivity index (χ0n) is 20.5. The van der Waals surface area contributed by atoms with Gasteiger partial charge in [0, 0.05) is 36.4 Å². The molecule has 0 aromatic heterocycles. The van der Waals surface area contributed by atoms with E-state index < -0.39 is 0 Å². The first-order valence-corrected chi connectivity index (χ1v) is 11.7. The summed E-state index contributed by atoms with van der Waals surface area (Å²) >= 11 is 0. The van der Waals surface area contributed by atoms with Gasteiger partial charge in [0.15, 0.2) is 0 Å². The lowest BCUT2D eigenvalue weighted by Crippen LogP contribution is -2.28. The smallest absolute Gasteiger partial charge is 0.255 e. The third-order valence-corrected chi connectivity index (χ3v) is 6.29. The Balaban J connectivity index is 0.00000342. The van der Waals surface area contributed by atoms with Gasteiger partial charge >= 0.3 is 0 Å². The number of nitrogens with zero attached hydrogens (tertiary/aromatic N) is 2. The largest absolute Gasteiger partial charge is 0.370 e. The van der Waals surface area contributed by atoms with Gasteiger partial charge in [-0.2, -0.15) is 0 Å². The molecular formula is C28H33ClN4O2. The van der Waals surface area contributed by atoms with Crippen molar-refractivity contribution in [3.8, 4) is 0 Å². The number of para-hydroxylation sites is 1. The molecule has 1 heterocycles. The van der Waals surface area contributed by atoms with E-state index in [0.29, 0.717) is 22.5 Å². The van der Waals surface area contributed by atoms with Gasteiger partial charge in [0.25, 0.3) is 11.8 Å². The Morgan fingerprint density at radius 3 is 2.06 bits per heavy atom. The maximum Gasteiger partial charge on any atom is 0.255 e. The topological polar surface area (TPSA) is 64.7 Å². The summed E-state index contributed by atoms with van der Waals surface area (Å²) in [6.07, 6.45) is 1.13. The van der Waals surface area contributed by atoms with E-state index in [2.05, 4.69) is 27.5 Å². The summed E-state index contributed by atoms with van der Waals surface area (Å²) in [4.78, 5) is 30.5. The van der Waals surface area contributed by atoms with E-state index in [1.165, 1.54) is 0 Å². The van der Waals surface area contributed by atoms with Crippen LogP contribution in [0.1, 0.15) is 38.3 Å². The van der Waals surface area contributed by atoms with E-state index in [1.807, 2.05) is 62.4 Å². The van der Waals surface area contributed by atoms with E-state index in [-0.39, 0.29) is 24.2 Å². The summed E-state index contributed by atoms with van der Waals surface area (Å²) in [5, 5.41) is 5.94. The van der Waals surface area contributed by atoms with Gasteiger partial charge in [-0.05, 0) is 81.9 Å².